The van der Waals surface area contributed by atoms with E-state index in [9.17, 15) is 14.4 Å². The fourth-order valence-corrected chi connectivity index (χ4v) is 4.68. The van der Waals surface area contributed by atoms with Crippen LogP contribution in [0.5, 0.6) is 0 Å². The lowest BCUT2D eigenvalue weighted by Gasteiger charge is -2.12. The molecule has 2 aromatic heterocycles. The van der Waals surface area contributed by atoms with Crippen molar-refractivity contribution < 1.29 is 23.6 Å². The van der Waals surface area contributed by atoms with Gasteiger partial charge in [-0.1, -0.05) is 25.9 Å². The molecule has 0 aliphatic rings. The molecule has 0 fully saturated rings. The van der Waals surface area contributed by atoms with Crippen LogP contribution in [-0.2, 0) is 38.5 Å². The normalized spacial score (nSPS) is 11.0. The SMILES string of the molecule is CCc1cc(-c2noc(-c3cc(C)c(CNC(=O)C(C)C)s3)n2)cc(C)c1CCC(=O)OC=O. The largest absolute Gasteiger partial charge is 0.395 e. The van der Waals surface area contributed by atoms with Crippen molar-refractivity contribution in [3.05, 3.63) is 45.3 Å². The van der Waals surface area contributed by atoms with Gasteiger partial charge in [-0.25, -0.2) is 0 Å². The summed E-state index contributed by atoms with van der Waals surface area (Å²) < 4.78 is 9.95. The number of nitrogens with one attached hydrogen (secondary N) is 1. The maximum absolute atomic E-state index is 11.9. The lowest BCUT2D eigenvalue weighted by molar-refractivity contribution is -0.151. The Bertz CT molecular complexity index is 1200. The highest BCUT2D eigenvalue weighted by Crippen LogP contribution is 2.32. The Kier molecular flexibility index (Phi) is 8.33. The van der Waals surface area contributed by atoms with Crippen LogP contribution in [0.4, 0.5) is 0 Å². The lowest BCUT2D eigenvalue weighted by atomic mass is 9.93. The van der Waals surface area contributed by atoms with Gasteiger partial charge in [0, 0.05) is 16.4 Å². The first kappa shape index (κ1) is 25.3. The van der Waals surface area contributed by atoms with Gasteiger partial charge in [-0.15, -0.1) is 11.3 Å². The van der Waals surface area contributed by atoms with Crippen molar-refractivity contribution in [3.63, 3.8) is 0 Å². The Morgan fingerprint density at radius 1 is 1.21 bits per heavy atom. The number of benzene rings is 1. The molecule has 3 rings (SSSR count). The van der Waals surface area contributed by atoms with Crippen LogP contribution in [0.3, 0.4) is 0 Å². The van der Waals surface area contributed by atoms with E-state index in [1.807, 2.05) is 52.8 Å². The average Bonchev–Trinajstić information content (AvgIpc) is 3.43. The second kappa shape index (κ2) is 11.2. The number of ether oxygens (including phenoxy) is 1. The van der Waals surface area contributed by atoms with Gasteiger partial charge in [0.25, 0.3) is 5.89 Å². The quantitative estimate of drug-likeness (QED) is 0.256. The fourth-order valence-electron chi connectivity index (χ4n) is 3.65. The lowest BCUT2D eigenvalue weighted by Crippen LogP contribution is -2.26. The molecule has 0 atom stereocenters. The number of nitrogens with zero attached hydrogens (tertiary/aromatic N) is 2. The van der Waals surface area contributed by atoms with E-state index in [4.69, 9.17) is 4.52 Å². The van der Waals surface area contributed by atoms with E-state index in [-0.39, 0.29) is 24.7 Å². The molecule has 2 heterocycles. The van der Waals surface area contributed by atoms with Gasteiger partial charge in [-0.3, -0.25) is 14.4 Å². The summed E-state index contributed by atoms with van der Waals surface area (Å²) in [5.74, 6) is 0.325. The van der Waals surface area contributed by atoms with Crippen molar-refractivity contribution in [1.29, 1.82) is 0 Å². The molecular weight excluding hydrogens is 454 g/mol. The predicted octanol–water partition coefficient (Wildman–Crippen LogP) is 4.55. The topological polar surface area (TPSA) is 111 Å². The van der Waals surface area contributed by atoms with Crippen LogP contribution < -0.4 is 5.32 Å². The number of hydrogen-bond acceptors (Lipinski definition) is 8. The fraction of sp³-hybridized carbons (Fsp3) is 0.400. The summed E-state index contributed by atoms with van der Waals surface area (Å²) in [4.78, 5) is 40.3. The Morgan fingerprint density at radius 2 is 1.97 bits per heavy atom. The molecule has 0 saturated carbocycles. The van der Waals surface area contributed by atoms with Crippen LogP contribution in [0.2, 0.25) is 0 Å². The molecule has 34 heavy (non-hydrogen) atoms. The number of hydrogen-bond donors (Lipinski definition) is 1. The summed E-state index contributed by atoms with van der Waals surface area (Å²) in [6, 6.07) is 5.97. The van der Waals surface area contributed by atoms with Gasteiger partial charge in [0.05, 0.1) is 17.8 Å². The molecule has 1 N–H and O–H groups in total. The molecule has 0 bridgehead atoms. The number of rotatable bonds is 10. The Labute approximate surface area is 202 Å². The third kappa shape index (κ3) is 5.96. The summed E-state index contributed by atoms with van der Waals surface area (Å²) in [7, 11) is 0. The molecule has 1 aromatic carbocycles. The van der Waals surface area contributed by atoms with Crippen LogP contribution in [0.1, 0.15) is 54.3 Å². The number of aromatic nitrogens is 2. The molecule has 8 nitrogen and oxygen atoms in total. The number of esters is 1. The maximum atomic E-state index is 11.9. The molecule has 0 saturated heterocycles. The second-order valence-electron chi connectivity index (χ2n) is 8.38. The van der Waals surface area contributed by atoms with E-state index in [2.05, 4.69) is 20.2 Å². The molecular formula is C25H29N3O5S. The van der Waals surface area contributed by atoms with Crippen molar-refractivity contribution >= 4 is 29.7 Å². The van der Waals surface area contributed by atoms with Gasteiger partial charge >= 0.3 is 12.4 Å². The number of thiophene rings is 1. The van der Waals surface area contributed by atoms with E-state index in [1.165, 1.54) is 11.3 Å². The highest BCUT2D eigenvalue weighted by Gasteiger charge is 2.18. The number of aryl methyl sites for hydroxylation is 3. The van der Waals surface area contributed by atoms with E-state index in [0.717, 1.165) is 44.0 Å². The third-order valence-corrected chi connectivity index (χ3v) is 6.79. The first-order valence-corrected chi connectivity index (χ1v) is 12.0. The summed E-state index contributed by atoms with van der Waals surface area (Å²) in [5, 5.41) is 7.12. The van der Waals surface area contributed by atoms with Gasteiger partial charge in [0.2, 0.25) is 11.7 Å². The minimum absolute atomic E-state index is 0.0144. The summed E-state index contributed by atoms with van der Waals surface area (Å²) in [6.07, 6.45) is 1.40. The van der Waals surface area contributed by atoms with E-state index >= 15 is 0 Å². The first-order valence-electron chi connectivity index (χ1n) is 11.2. The second-order valence-corrected chi connectivity index (χ2v) is 9.52. The summed E-state index contributed by atoms with van der Waals surface area (Å²) in [5.41, 5.74) is 5.04. The predicted molar refractivity (Wildman–Crippen MR) is 129 cm³/mol. The standard InChI is InChI=1S/C25H29N3O5S/c1-6-17-11-18(9-15(4)19(17)7-8-22(30)32-13-29)23-27-25(33-28-23)20-10-16(5)21(34-20)12-26-24(31)14(2)3/h9-11,13-14H,6-8,12H2,1-5H3,(H,26,31). The van der Waals surface area contributed by atoms with Gasteiger partial charge < -0.3 is 14.6 Å². The first-order chi connectivity index (χ1) is 16.2. The van der Waals surface area contributed by atoms with Crippen molar-refractivity contribution in [2.75, 3.05) is 0 Å². The minimum Gasteiger partial charge on any atom is -0.395 e. The highest BCUT2D eigenvalue weighted by molar-refractivity contribution is 7.15. The highest BCUT2D eigenvalue weighted by atomic mass is 32.1. The Morgan fingerprint density at radius 3 is 2.65 bits per heavy atom. The number of carbonyl (C=O) groups is 3. The molecule has 9 heteroatoms. The molecule has 180 valence electrons. The maximum Gasteiger partial charge on any atom is 0.313 e. The van der Waals surface area contributed by atoms with Gasteiger partial charge in [-0.05, 0) is 67.1 Å². The molecule has 0 unspecified atom stereocenters. The number of carbonyl (C=O) groups excluding carboxylic acids is 3. The third-order valence-electron chi connectivity index (χ3n) is 5.57. The zero-order chi connectivity index (χ0) is 24.8. The number of amides is 1. The van der Waals surface area contributed by atoms with Crippen molar-refractivity contribution in [3.8, 4) is 22.2 Å². The van der Waals surface area contributed by atoms with Crippen LogP contribution in [0, 0.1) is 19.8 Å². The van der Waals surface area contributed by atoms with Crippen LogP contribution in [0.25, 0.3) is 22.2 Å². The monoisotopic (exact) mass is 483 g/mol. The average molecular weight is 484 g/mol. The van der Waals surface area contributed by atoms with Crippen LogP contribution in [-0.4, -0.2) is 28.5 Å². The zero-order valence-corrected chi connectivity index (χ0v) is 20.9. The molecule has 3 aromatic rings. The minimum atomic E-state index is -0.544. The zero-order valence-electron chi connectivity index (χ0n) is 20.1. The molecule has 0 spiro atoms. The molecule has 0 aliphatic carbocycles. The van der Waals surface area contributed by atoms with Crippen molar-refractivity contribution in [2.45, 2.75) is 60.4 Å². The molecule has 0 aliphatic heterocycles. The van der Waals surface area contributed by atoms with Crippen molar-refractivity contribution in [1.82, 2.24) is 15.5 Å². The van der Waals surface area contributed by atoms with Crippen molar-refractivity contribution in [2.24, 2.45) is 5.92 Å². The van der Waals surface area contributed by atoms with Crippen LogP contribution in [0.15, 0.2) is 22.7 Å². The Hall–Kier alpha value is -3.33. The van der Waals surface area contributed by atoms with Gasteiger partial charge in [0.1, 0.15) is 0 Å². The van der Waals surface area contributed by atoms with E-state index in [1.54, 1.807) is 0 Å². The summed E-state index contributed by atoms with van der Waals surface area (Å²) in [6.45, 7) is 10.4. The van der Waals surface area contributed by atoms with Gasteiger partial charge in [0.15, 0.2) is 0 Å². The molecule has 1 amide bonds. The van der Waals surface area contributed by atoms with Gasteiger partial charge in [-0.2, -0.15) is 4.98 Å². The smallest absolute Gasteiger partial charge is 0.313 e. The summed E-state index contributed by atoms with van der Waals surface area (Å²) >= 11 is 1.52. The Balaban J connectivity index is 1.80. The van der Waals surface area contributed by atoms with Crippen LogP contribution >= 0.6 is 11.3 Å². The van der Waals surface area contributed by atoms with E-state index in [0.29, 0.717) is 24.7 Å². The van der Waals surface area contributed by atoms with E-state index < -0.39 is 5.97 Å². The molecule has 0 radical (unpaired) electrons.